The van der Waals surface area contributed by atoms with E-state index in [1.165, 1.54) is 5.57 Å². The van der Waals surface area contributed by atoms with Crippen LogP contribution >= 0.6 is 11.6 Å². The molecule has 2 atom stereocenters. The van der Waals surface area contributed by atoms with Gasteiger partial charge in [0.15, 0.2) is 0 Å². The van der Waals surface area contributed by atoms with Gasteiger partial charge in [-0.05, 0) is 43.8 Å². The lowest BCUT2D eigenvalue weighted by atomic mass is 9.85. The van der Waals surface area contributed by atoms with Gasteiger partial charge in [0.05, 0.1) is 0 Å². The minimum absolute atomic E-state index is 0.138. The molecule has 0 radical (unpaired) electrons. The van der Waals surface area contributed by atoms with Crippen LogP contribution in [-0.4, -0.2) is 6.04 Å². The highest BCUT2D eigenvalue weighted by Crippen LogP contribution is 2.25. The maximum absolute atomic E-state index is 6.04. The monoisotopic (exact) mass is 241 g/mol. The molecule has 0 aliphatic rings. The Kier molecular flexibility index (Phi) is 7.44. The van der Waals surface area contributed by atoms with Crippen LogP contribution in [0.1, 0.15) is 34.1 Å². The second kappa shape index (κ2) is 7.70. The first-order valence-corrected chi connectivity index (χ1v) is 6.21. The summed E-state index contributed by atoms with van der Waals surface area (Å²) in [6, 6.07) is 0.138. The normalized spacial score (nSPS) is 17.4. The minimum Gasteiger partial charge on any atom is -0.327 e. The number of hydrogen-bond acceptors (Lipinski definition) is 1. The van der Waals surface area contributed by atoms with Gasteiger partial charge >= 0.3 is 0 Å². The maximum Gasteiger partial charge on any atom is 0.0402 e. The molecule has 0 spiro atoms. The zero-order valence-electron chi connectivity index (χ0n) is 10.8. The molecule has 2 heteroatoms. The summed E-state index contributed by atoms with van der Waals surface area (Å²) in [5, 5.41) is 0.669. The molecule has 0 aromatic carbocycles. The molecule has 0 aliphatic carbocycles. The third-order valence-electron chi connectivity index (χ3n) is 2.62. The van der Waals surface area contributed by atoms with E-state index < -0.39 is 0 Å². The van der Waals surface area contributed by atoms with Crippen LogP contribution in [0.5, 0.6) is 0 Å². The smallest absolute Gasteiger partial charge is 0.0402 e. The second-order valence-corrected chi connectivity index (χ2v) is 5.05. The van der Waals surface area contributed by atoms with Crippen LogP contribution in [0.3, 0.4) is 0 Å². The van der Waals surface area contributed by atoms with Crippen molar-refractivity contribution in [3.05, 3.63) is 35.4 Å². The molecule has 1 nitrogen and oxygen atoms in total. The van der Waals surface area contributed by atoms with Crippen molar-refractivity contribution < 1.29 is 0 Å². The highest BCUT2D eigenvalue weighted by atomic mass is 35.5. The fourth-order valence-electron chi connectivity index (χ4n) is 1.78. The van der Waals surface area contributed by atoms with Gasteiger partial charge < -0.3 is 5.73 Å². The SMILES string of the molecule is C=C/C(Cl)=C\C(=C/C)C(CC(C)C)C(C)N. The Morgan fingerprint density at radius 1 is 1.38 bits per heavy atom. The van der Waals surface area contributed by atoms with E-state index in [0.29, 0.717) is 16.9 Å². The molecule has 0 saturated heterocycles. The largest absolute Gasteiger partial charge is 0.327 e. The van der Waals surface area contributed by atoms with E-state index in [1.54, 1.807) is 6.08 Å². The summed E-state index contributed by atoms with van der Waals surface area (Å²) in [4.78, 5) is 0. The third kappa shape index (κ3) is 5.53. The quantitative estimate of drug-likeness (QED) is 0.692. The topological polar surface area (TPSA) is 26.0 Å². The molecule has 0 aromatic heterocycles. The van der Waals surface area contributed by atoms with Crippen LogP contribution in [0.2, 0.25) is 0 Å². The van der Waals surface area contributed by atoms with E-state index in [4.69, 9.17) is 17.3 Å². The molecule has 16 heavy (non-hydrogen) atoms. The van der Waals surface area contributed by atoms with Crippen molar-refractivity contribution in [2.45, 2.75) is 40.2 Å². The molecule has 2 N–H and O–H groups in total. The molecule has 0 fully saturated rings. The third-order valence-corrected chi connectivity index (χ3v) is 2.88. The summed E-state index contributed by atoms with van der Waals surface area (Å²) in [7, 11) is 0. The standard InChI is InChI=1S/C14H24ClN/c1-6-12(9-13(15)7-2)14(11(5)16)8-10(3)4/h6-7,9-11,14H,2,8,16H2,1,3-5H3/b12-6+,13-9+. The molecule has 92 valence electrons. The second-order valence-electron chi connectivity index (χ2n) is 4.62. The number of nitrogens with two attached hydrogens (primary N) is 1. The maximum atomic E-state index is 6.04. The number of halogens is 1. The van der Waals surface area contributed by atoms with Crippen molar-refractivity contribution >= 4 is 11.6 Å². The van der Waals surface area contributed by atoms with E-state index >= 15 is 0 Å². The summed E-state index contributed by atoms with van der Waals surface area (Å²) in [5.41, 5.74) is 7.24. The first-order chi connectivity index (χ1) is 7.42. The Morgan fingerprint density at radius 2 is 1.94 bits per heavy atom. The van der Waals surface area contributed by atoms with E-state index in [-0.39, 0.29) is 6.04 Å². The molecule has 0 aliphatic heterocycles. The first-order valence-electron chi connectivity index (χ1n) is 5.83. The molecule has 0 heterocycles. The van der Waals surface area contributed by atoms with Gasteiger partial charge in [-0.15, -0.1) is 0 Å². The molecule has 0 aromatic rings. The van der Waals surface area contributed by atoms with E-state index in [2.05, 4.69) is 26.5 Å². The van der Waals surface area contributed by atoms with Crippen molar-refractivity contribution in [1.29, 1.82) is 0 Å². The predicted molar refractivity (Wildman–Crippen MR) is 74.5 cm³/mol. The van der Waals surface area contributed by atoms with Crippen molar-refractivity contribution in [3.63, 3.8) is 0 Å². The molecular formula is C14H24ClN. The van der Waals surface area contributed by atoms with Crippen LogP contribution < -0.4 is 5.73 Å². The van der Waals surface area contributed by atoms with Crippen molar-refractivity contribution in [2.24, 2.45) is 17.6 Å². The predicted octanol–water partition coefficient (Wildman–Crippen LogP) is 4.25. The summed E-state index contributed by atoms with van der Waals surface area (Å²) < 4.78 is 0. The first kappa shape index (κ1) is 15.5. The van der Waals surface area contributed by atoms with Gasteiger partial charge in [-0.1, -0.05) is 44.2 Å². The van der Waals surface area contributed by atoms with Gasteiger partial charge in [0, 0.05) is 11.1 Å². The lowest BCUT2D eigenvalue weighted by Gasteiger charge is -2.24. The molecule has 0 saturated carbocycles. The molecule has 0 bridgehead atoms. The Labute approximate surface area is 105 Å². The molecule has 2 unspecified atom stereocenters. The van der Waals surface area contributed by atoms with Gasteiger partial charge in [0.2, 0.25) is 0 Å². The van der Waals surface area contributed by atoms with Crippen LogP contribution in [-0.2, 0) is 0 Å². The summed E-state index contributed by atoms with van der Waals surface area (Å²) in [6.45, 7) is 12.1. The fourth-order valence-corrected chi connectivity index (χ4v) is 1.91. The Morgan fingerprint density at radius 3 is 2.25 bits per heavy atom. The van der Waals surface area contributed by atoms with Gasteiger partial charge in [0.25, 0.3) is 0 Å². The summed E-state index contributed by atoms with van der Waals surface area (Å²) in [5.74, 6) is 0.987. The summed E-state index contributed by atoms with van der Waals surface area (Å²) >= 11 is 5.99. The minimum atomic E-state index is 0.138. The van der Waals surface area contributed by atoms with E-state index in [0.717, 1.165) is 6.42 Å². The number of rotatable bonds is 6. The van der Waals surface area contributed by atoms with Gasteiger partial charge in [0.1, 0.15) is 0 Å². The van der Waals surface area contributed by atoms with Crippen LogP contribution in [0, 0.1) is 11.8 Å². The average Bonchev–Trinajstić information content (AvgIpc) is 2.21. The number of allylic oxidation sites excluding steroid dienone is 4. The van der Waals surface area contributed by atoms with Crippen LogP contribution in [0.15, 0.2) is 35.4 Å². The Bertz CT molecular complexity index is 274. The molecule has 0 amide bonds. The number of hydrogen-bond donors (Lipinski definition) is 1. The highest BCUT2D eigenvalue weighted by Gasteiger charge is 2.18. The molecular weight excluding hydrogens is 218 g/mol. The lowest BCUT2D eigenvalue weighted by Crippen LogP contribution is -2.29. The van der Waals surface area contributed by atoms with Crippen molar-refractivity contribution in [2.75, 3.05) is 0 Å². The van der Waals surface area contributed by atoms with E-state index in [1.807, 2.05) is 19.9 Å². The highest BCUT2D eigenvalue weighted by molar-refractivity contribution is 6.31. The van der Waals surface area contributed by atoms with Crippen molar-refractivity contribution in [1.82, 2.24) is 0 Å². The van der Waals surface area contributed by atoms with Crippen LogP contribution in [0.25, 0.3) is 0 Å². The van der Waals surface area contributed by atoms with Gasteiger partial charge in [-0.3, -0.25) is 0 Å². The summed E-state index contributed by atoms with van der Waals surface area (Å²) in [6.07, 6.45) is 6.78. The zero-order valence-corrected chi connectivity index (χ0v) is 11.6. The Balaban J connectivity index is 4.94. The zero-order chi connectivity index (χ0) is 12.7. The average molecular weight is 242 g/mol. The Hall–Kier alpha value is -0.530. The molecule has 0 rings (SSSR count). The lowest BCUT2D eigenvalue weighted by molar-refractivity contribution is 0.412. The fraction of sp³-hybridized carbons (Fsp3) is 0.571. The van der Waals surface area contributed by atoms with Crippen LogP contribution in [0.4, 0.5) is 0 Å². The van der Waals surface area contributed by atoms with Crippen molar-refractivity contribution in [3.8, 4) is 0 Å². The van der Waals surface area contributed by atoms with E-state index in [9.17, 15) is 0 Å². The van der Waals surface area contributed by atoms with Gasteiger partial charge in [-0.2, -0.15) is 0 Å². The van der Waals surface area contributed by atoms with Gasteiger partial charge in [-0.25, -0.2) is 0 Å².